The van der Waals surface area contributed by atoms with Crippen molar-refractivity contribution in [1.82, 2.24) is 9.97 Å². The number of amides is 1. The molecule has 3 rings (SSSR count). The molecule has 1 aliphatic carbocycles. The Balaban J connectivity index is 1.67. The molecule has 0 unspecified atom stereocenters. The molecular formula is C15H13Cl2N3O2S. The molecule has 8 heteroatoms. The topological polar surface area (TPSA) is 74.8 Å². The van der Waals surface area contributed by atoms with Gasteiger partial charge in [0.2, 0.25) is 5.91 Å². The molecule has 120 valence electrons. The molecule has 0 saturated heterocycles. The number of nitrogens with one attached hydrogen (secondary N) is 2. The molecule has 2 aromatic rings. The van der Waals surface area contributed by atoms with Crippen LogP contribution in [0.1, 0.15) is 17.7 Å². The van der Waals surface area contributed by atoms with Gasteiger partial charge >= 0.3 is 5.69 Å². The number of aromatic nitrogens is 2. The average Bonchev–Trinajstić information content (AvgIpc) is 2.91. The molecule has 1 aromatic carbocycles. The molecule has 0 saturated carbocycles. The summed E-state index contributed by atoms with van der Waals surface area (Å²) < 4.78 is 0. The molecule has 0 spiro atoms. The highest BCUT2D eigenvalue weighted by Crippen LogP contribution is 2.28. The van der Waals surface area contributed by atoms with Crippen LogP contribution in [0, 0.1) is 0 Å². The van der Waals surface area contributed by atoms with E-state index in [0.717, 1.165) is 30.5 Å². The Kier molecular flexibility index (Phi) is 4.94. The second-order valence-corrected chi connectivity index (χ2v) is 6.99. The summed E-state index contributed by atoms with van der Waals surface area (Å²) in [6.07, 6.45) is 2.73. The first kappa shape index (κ1) is 16.4. The van der Waals surface area contributed by atoms with Crippen molar-refractivity contribution in [3.63, 3.8) is 0 Å². The smallest absolute Gasteiger partial charge is 0.325 e. The Labute approximate surface area is 146 Å². The number of benzene rings is 1. The summed E-state index contributed by atoms with van der Waals surface area (Å²) >= 11 is 13.1. The second-order valence-electron chi connectivity index (χ2n) is 5.15. The Bertz CT molecular complexity index is 803. The molecular weight excluding hydrogens is 357 g/mol. The number of nitrogens with zero attached hydrogens (tertiary/aromatic N) is 1. The number of halogens is 2. The van der Waals surface area contributed by atoms with Gasteiger partial charge in [-0.3, -0.25) is 4.79 Å². The minimum absolute atomic E-state index is 0.160. The molecule has 0 atom stereocenters. The predicted octanol–water partition coefficient (Wildman–Crippen LogP) is 3.30. The number of H-pyrrole nitrogens is 1. The van der Waals surface area contributed by atoms with Gasteiger partial charge in [0, 0.05) is 27.0 Å². The SMILES string of the molecule is O=C(CSc1nc(=O)[nH]c2c1CCC2)Nc1cc(Cl)cc(Cl)c1. The molecule has 2 N–H and O–H groups in total. The Morgan fingerprint density at radius 3 is 2.74 bits per heavy atom. The highest BCUT2D eigenvalue weighted by Gasteiger charge is 2.18. The van der Waals surface area contributed by atoms with Gasteiger partial charge in [0.15, 0.2) is 0 Å². The molecule has 1 amide bonds. The van der Waals surface area contributed by atoms with Gasteiger partial charge in [-0.25, -0.2) is 4.79 Å². The number of aryl methyl sites for hydroxylation is 1. The first-order valence-electron chi connectivity index (χ1n) is 7.02. The second kappa shape index (κ2) is 6.95. The molecule has 0 aliphatic heterocycles. The Morgan fingerprint density at radius 1 is 1.26 bits per heavy atom. The van der Waals surface area contributed by atoms with E-state index in [2.05, 4.69) is 15.3 Å². The average molecular weight is 370 g/mol. The number of rotatable bonds is 4. The minimum atomic E-state index is -0.366. The molecule has 1 aromatic heterocycles. The standard InChI is InChI=1S/C15H13Cl2N3O2S/c16-8-4-9(17)6-10(5-8)18-13(21)7-23-14-11-2-1-3-12(11)19-15(22)20-14/h4-6H,1-3,7H2,(H,18,21)(H,19,20,22). The lowest BCUT2D eigenvalue weighted by molar-refractivity contribution is -0.113. The van der Waals surface area contributed by atoms with Gasteiger partial charge in [0.05, 0.1) is 5.75 Å². The monoisotopic (exact) mass is 369 g/mol. The van der Waals surface area contributed by atoms with Gasteiger partial charge in [-0.05, 0) is 37.5 Å². The summed E-state index contributed by atoms with van der Waals surface area (Å²) in [6, 6.07) is 4.84. The van der Waals surface area contributed by atoms with E-state index in [-0.39, 0.29) is 17.3 Å². The van der Waals surface area contributed by atoms with Gasteiger partial charge < -0.3 is 10.3 Å². The highest BCUT2D eigenvalue weighted by molar-refractivity contribution is 8.00. The van der Waals surface area contributed by atoms with Crippen LogP contribution in [0.2, 0.25) is 10.0 Å². The normalized spacial score (nSPS) is 13.0. The lowest BCUT2D eigenvalue weighted by atomic mass is 10.3. The molecule has 0 fully saturated rings. The summed E-state index contributed by atoms with van der Waals surface area (Å²) in [6.45, 7) is 0. The number of thioether (sulfide) groups is 1. The molecule has 0 radical (unpaired) electrons. The van der Waals surface area contributed by atoms with Gasteiger partial charge in [0.25, 0.3) is 0 Å². The first-order chi connectivity index (χ1) is 11.0. The van der Waals surface area contributed by atoms with E-state index in [1.807, 2.05) is 0 Å². The quantitative estimate of drug-likeness (QED) is 0.640. The fraction of sp³-hybridized carbons (Fsp3) is 0.267. The summed E-state index contributed by atoms with van der Waals surface area (Å²) in [5.41, 5.74) is 2.16. The van der Waals surface area contributed by atoms with Crippen LogP contribution in [0.25, 0.3) is 0 Å². The number of anilines is 1. The van der Waals surface area contributed by atoms with Crippen LogP contribution in [0.5, 0.6) is 0 Å². The zero-order valence-electron chi connectivity index (χ0n) is 12.0. The maximum atomic E-state index is 12.1. The maximum absolute atomic E-state index is 12.1. The third kappa shape index (κ3) is 4.07. The van der Waals surface area contributed by atoms with E-state index in [1.165, 1.54) is 11.8 Å². The predicted molar refractivity (Wildman–Crippen MR) is 92.7 cm³/mol. The summed E-state index contributed by atoms with van der Waals surface area (Å²) in [7, 11) is 0. The van der Waals surface area contributed by atoms with Crippen LogP contribution in [0.4, 0.5) is 5.69 Å². The van der Waals surface area contributed by atoms with Crippen LogP contribution in [0.15, 0.2) is 28.0 Å². The maximum Gasteiger partial charge on any atom is 0.346 e. The third-order valence-corrected chi connectivity index (χ3v) is 4.88. The van der Waals surface area contributed by atoms with E-state index in [9.17, 15) is 9.59 Å². The van der Waals surface area contributed by atoms with E-state index in [1.54, 1.807) is 18.2 Å². The zero-order chi connectivity index (χ0) is 16.4. The van der Waals surface area contributed by atoms with Crippen LogP contribution in [-0.4, -0.2) is 21.6 Å². The molecule has 0 bridgehead atoms. The van der Waals surface area contributed by atoms with Crippen molar-refractivity contribution in [3.05, 3.63) is 50.0 Å². The van der Waals surface area contributed by atoms with Crippen LogP contribution >= 0.6 is 35.0 Å². The summed E-state index contributed by atoms with van der Waals surface area (Å²) in [5, 5.41) is 4.28. The van der Waals surface area contributed by atoms with Crippen LogP contribution < -0.4 is 11.0 Å². The number of hydrogen-bond donors (Lipinski definition) is 2. The van der Waals surface area contributed by atoms with Gasteiger partial charge in [0.1, 0.15) is 5.03 Å². The Morgan fingerprint density at radius 2 is 2.00 bits per heavy atom. The number of fused-ring (bicyclic) bond motifs is 1. The van der Waals surface area contributed by atoms with Crippen molar-refractivity contribution in [1.29, 1.82) is 0 Å². The lowest BCUT2D eigenvalue weighted by Crippen LogP contribution is -2.17. The van der Waals surface area contributed by atoms with Crippen LogP contribution in [0.3, 0.4) is 0 Å². The number of carbonyl (C=O) groups excluding carboxylic acids is 1. The highest BCUT2D eigenvalue weighted by atomic mass is 35.5. The van der Waals surface area contributed by atoms with Gasteiger partial charge in [-0.15, -0.1) is 0 Å². The fourth-order valence-corrected chi connectivity index (χ4v) is 3.92. The zero-order valence-corrected chi connectivity index (χ0v) is 14.3. The van der Waals surface area contributed by atoms with Crippen LogP contribution in [-0.2, 0) is 17.6 Å². The molecule has 5 nitrogen and oxygen atoms in total. The third-order valence-electron chi connectivity index (χ3n) is 3.42. The summed E-state index contributed by atoms with van der Waals surface area (Å²) in [5.74, 6) is -0.0466. The minimum Gasteiger partial charge on any atom is -0.325 e. The largest absolute Gasteiger partial charge is 0.346 e. The summed E-state index contributed by atoms with van der Waals surface area (Å²) in [4.78, 5) is 30.4. The fourth-order valence-electron chi connectivity index (χ4n) is 2.51. The number of aromatic amines is 1. The van der Waals surface area contributed by atoms with Crippen molar-refractivity contribution in [2.24, 2.45) is 0 Å². The van der Waals surface area contributed by atoms with Crippen molar-refractivity contribution >= 4 is 46.6 Å². The van der Waals surface area contributed by atoms with Gasteiger partial charge in [-0.2, -0.15) is 4.98 Å². The van der Waals surface area contributed by atoms with E-state index >= 15 is 0 Å². The molecule has 1 aliphatic rings. The Hall–Kier alpha value is -1.50. The van der Waals surface area contributed by atoms with Crippen molar-refractivity contribution in [2.75, 3.05) is 11.1 Å². The van der Waals surface area contributed by atoms with E-state index in [4.69, 9.17) is 23.2 Å². The van der Waals surface area contributed by atoms with E-state index < -0.39 is 0 Å². The van der Waals surface area contributed by atoms with Crippen molar-refractivity contribution in [3.8, 4) is 0 Å². The van der Waals surface area contributed by atoms with Crippen molar-refractivity contribution in [2.45, 2.75) is 24.3 Å². The van der Waals surface area contributed by atoms with Gasteiger partial charge in [-0.1, -0.05) is 35.0 Å². The van der Waals surface area contributed by atoms with Crippen molar-refractivity contribution < 1.29 is 4.79 Å². The lowest BCUT2D eigenvalue weighted by Gasteiger charge is -2.08. The molecule has 1 heterocycles. The van der Waals surface area contributed by atoms with E-state index in [0.29, 0.717) is 20.8 Å². The number of hydrogen-bond acceptors (Lipinski definition) is 4. The number of carbonyl (C=O) groups is 1. The first-order valence-corrected chi connectivity index (χ1v) is 8.76. The molecule has 23 heavy (non-hydrogen) atoms.